The van der Waals surface area contributed by atoms with Crippen LogP contribution in [0.5, 0.6) is 0 Å². The molecule has 96 valence electrons. The Balaban J connectivity index is 2.17. The number of hydrogen-bond donors (Lipinski definition) is 1. The van der Waals surface area contributed by atoms with Crippen LogP contribution in [-0.4, -0.2) is 32.6 Å². The maximum absolute atomic E-state index is 5.49. The van der Waals surface area contributed by atoms with E-state index in [9.17, 15) is 0 Å². The summed E-state index contributed by atoms with van der Waals surface area (Å²) in [5.41, 5.74) is 0.559. The highest BCUT2D eigenvalue weighted by Gasteiger charge is 2.44. The van der Waals surface area contributed by atoms with Gasteiger partial charge in [-0.2, -0.15) is 0 Å². The zero-order chi connectivity index (χ0) is 12.0. The van der Waals surface area contributed by atoms with E-state index in [1.165, 1.54) is 12.8 Å². The van der Waals surface area contributed by atoms with Gasteiger partial charge in [0.2, 0.25) is 0 Å². The standard InChI is InChI=1S/C13H27NO2/c1-5-15-12(16-6-2)9-14-10-13(7-8-13)11(3)4/h11-12,14H,5-10H2,1-4H3. The van der Waals surface area contributed by atoms with Gasteiger partial charge in [-0.15, -0.1) is 0 Å². The second-order valence-electron chi connectivity index (χ2n) is 4.99. The van der Waals surface area contributed by atoms with E-state index in [1.807, 2.05) is 13.8 Å². The fourth-order valence-electron chi connectivity index (χ4n) is 2.10. The summed E-state index contributed by atoms with van der Waals surface area (Å²) < 4.78 is 11.0. The molecule has 3 nitrogen and oxygen atoms in total. The van der Waals surface area contributed by atoms with Gasteiger partial charge in [-0.1, -0.05) is 13.8 Å². The van der Waals surface area contributed by atoms with Crippen molar-refractivity contribution in [3.05, 3.63) is 0 Å². The fraction of sp³-hybridized carbons (Fsp3) is 1.00. The highest BCUT2D eigenvalue weighted by atomic mass is 16.7. The van der Waals surface area contributed by atoms with Crippen LogP contribution in [0.3, 0.4) is 0 Å². The van der Waals surface area contributed by atoms with Crippen molar-refractivity contribution in [1.29, 1.82) is 0 Å². The maximum Gasteiger partial charge on any atom is 0.169 e. The summed E-state index contributed by atoms with van der Waals surface area (Å²) in [6, 6.07) is 0. The molecule has 1 saturated carbocycles. The van der Waals surface area contributed by atoms with Crippen LogP contribution in [0.15, 0.2) is 0 Å². The molecule has 16 heavy (non-hydrogen) atoms. The van der Waals surface area contributed by atoms with Crippen LogP contribution in [0.1, 0.15) is 40.5 Å². The van der Waals surface area contributed by atoms with Gasteiger partial charge in [-0.25, -0.2) is 0 Å². The van der Waals surface area contributed by atoms with Gasteiger partial charge in [-0.3, -0.25) is 0 Å². The SMILES string of the molecule is CCOC(CNCC1(C(C)C)CC1)OCC. The number of nitrogens with one attached hydrogen (secondary N) is 1. The first-order valence-electron chi connectivity index (χ1n) is 6.58. The topological polar surface area (TPSA) is 30.5 Å². The molecule has 0 amide bonds. The quantitative estimate of drug-likeness (QED) is 0.616. The van der Waals surface area contributed by atoms with Gasteiger partial charge in [0, 0.05) is 26.3 Å². The summed E-state index contributed by atoms with van der Waals surface area (Å²) in [5.74, 6) is 0.776. The van der Waals surface area contributed by atoms with E-state index < -0.39 is 0 Å². The van der Waals surface area contributed by atoms with Crippen molar-refractivity contribution in [3.8, 4) is 0 Å². The predicted octanol–water partition coefficient (Wildman–Crippen LogP) is 2.41. The van der Waals surface area contributed by atoms with Gasteiger partial charge in [0.25, 0.3) is 0 Å². The zero-order valence-electron chi connectivity index (χ0n) is 11.2. The van der Waals surface area contributed by atoms with Gasteiger partial charge in [0.15, 0.2) is 6.29 Å². The van der Waals surface area contributed by atoms with Crippen LogP contribution in [0.25, 0.3) is 0 Å². The summed E-state index contributed by atoms with van der Waals surface area (Å²) in [6.45, 7) is 12.0. The molecule has 0 radical (unpaired) electrons. The van der Waals surface area contributed by atoms with Crippen LogP contribution in [0, 0.1) is 11.3 Å². The summed E-state index contributed by atoms with van der Waals surface area (Å²) >= 11 is 0. The average molecular weight is 229 g/mol. The van der Waals surface area contributed by atoms with E-state index in [2.05, 4.69) is 19.2 Å². The first kappa shape index (κ1) is 13.9. The molecular weight excluding hydrogens is 202 g/mol. The van der Waals surface area contributed by atoms with Crippen LogP contribution >= 0.6 is 0 Å². The van der Waals surface area contributed by atoms with Crippen LogP contribution in [-0.2, 0) is 9.47 Å². The molecule has 0 aliphatic heterocycles. The summed E-state index contributed by atoms with van der Waals surface area (Å²) in [5, 5.41) is 3.49. The largest absolute Gasteiger partial charge is 0.352 e. The molecule has 0 spiro atoms. The van der Waals surface area contributed by atoms with Crippen molar-refractivity contribution < 1.29 is 9.47 Å². The smallest absolute Gasteiger partial charge is 0.169 e. The zero-order valence-corrected chi connectivity index (χ0v) is 11.2. The molecular formula is C13H27NO2. The normalized spacial score (nSPS) is 18.4. The number of ether oxygens (including phenoxy) is 2. The van der Waals surface area contributed by atoms with E-state index >= 15 is 0 Å². The number of hydrogen-bond acceptors (Lipinski definition) is 3. The third kappa shape index (κ3) is 4.04. The minimum Gasteiger partial charge on any atom is -0.352 e. The lowest BCUT2D eigenvalue weighted by molar-refractivity contribution is -0.133. The first-order valence-corrected chi connectivity index (χ1v) is 6.58. The molecule has 1 N–H and O–H groups in total. The molecule has 3 heteroatoms. The fourth-order valence-corrected chi connectivity index (χ4v) is 2.10. The van der Waals surface area contributed by atoms with E-state index in [1.54, 1.807) is 0 Å². The third-order valence-electron chi connectivity index (χ3n) is 3.61. The lowest BCUT2D eigenvalue weighted by Gasteiger charge is -2.23. The minimum absolute atomic E-state index is 0.0852. The third-order valence-corrected chi connectivity index (χ3v) is 3.61. The van der Waals surface area contributed by atoms with Crippen molar-refractivity contribution in [3.63, 3.8) is 0 Å². The molecule has 0 unspecified atom stereocenters. The van der Waals surface area contributed by atoms with Crippen molar-refractivity contribution in [2.24, 2.45) is 11.3 Å². The van der Waals surface area contributed by atoms with Crippen molar-refractivity contribution in [2.75, 3.05) is 26.3 Å². The Morgan fingerprint density at radius 1 is 1.12 bits per heavy atom. The maximum atomic E-state index is 5.49. The Hall–Kier alpha value is -0.120. The molecule has 0 aromatic carbocycles. The molecule has 0 aromatic rings. The molecule has 1 rings (SSSR count). The van der Waals surface area contributed by atoms with Crippen molar-refractivity contribution in [2.45, 2.75) is 46.8 Å². The van der Waals surface area contributed by atoms with Crippen LogP contribution in [0.2, 0.25) is 0 Å². The molecule has 1 aliphatic rings. The van der Waals surface area contributed by atoms with Crippen LogP contribution in [0.4, 0.5) is 0 Å². The Morgan fingerprint density at radius 2 is 1.69 bits per heavy atom. The molecule has 1 fully saturated rings. The minimum atomic E-state index is -0.0852. The van der Waals surface area contributed by atoms with Crippen molar-refractivity contribution >= 4 is 0 Å². The highest BCUT2D eigenvalue weighted by molar-refractivity contribution is 4.97. The van der Waals surface area contributed by atoms with E-state index in [4.69, 9.17) is 9.47 Å². The van der Waals surface area contributed by atoms with E-state index in [-0.39, 0.29) is 6.29 Å². The molecule has 0 saturated heterocycles. The highest BCUT2D eigenvalue weighted by Crippen LogP contribution is 2.51. The van der Waals surface area contributed by atoms with Gasteiger partial charge >= 0.3 is 0 Å². The summed E-state index contributed by atoms with van der Waals surface area (Å²) in [7, 11) is 0. The molecule has 1 aliphatic carbocycles. The summed E-state index contributed by atoms with van der Waals surface area (Å²) in [4.78, 5) is 0. The monoisotopic (exact) mass is 229 g/mol. The first-order chi connectivity index (χ1) is 7.64. The molecule has 0 atom stereocenters. The Labute approximate surface area is 99.9 Å². The van der Waals surface area contributed by atoms with Gasteiger partial charge < -0.3 is 14.8 Å². The lowest BCUT2D eigenvalue weighted by Crippen LogP contribution is -2.36. The number of rotatable bonds is 9. The Bertz CT molecular complexity index is 184. The second kappa shape index (κ2) is 6.58. The second-order valence-corrected chi connectivity index (χ2v) is 4.99. The molecule has 0 aromatic heterocycles. The van der Waals surface area contributed by atoms with Crippen LogP contribution < -0.4 is 5.32 Å². The molecule has 0 heterocycles. The Morgan fingerprint density at radius 3 is 2.06 bits per heavy atom. The van der Waals surface area contributed by atoms with E-state index in [0.717, 1.165) is 19.0 Å². The van der Waals surface area contributed by atoms with E-state index in [0.29, 0.717) is 18.6 Å². The van der Waals surface area contributed by atoms with Gasteiger partial charge in [-0.05, 0) is 38.0 Å². The van der Waals surface area contributed by atoms with Gasteiger partial charge in [0.05, 0.1) is 0 Å². The Kier molecular flexibility index (Phi) is 5.73. The van der Waals surface area contributed by atoms with Gasteiger partial charge in [0.1, 0.15) is 0 Å². The average Bonchev–Trinajstić information content (AvgIpc) is 2.99. The van der Waals surface area contributed by atoms with Crippen molar-refractivity contribution in [1.82, 2.24) is 5.32 Å². The summed E-state index contributed by atoms with van der Waals surface area (Å²) in [6.07, 6.45) is 2.65. The predicted molar refractivity (Wildman–Crippen MR) is 66.4 cm³/mol. The lowest BCUT2D eigenvalue weighted by atomic mass is 9.92. The molecule has 0 bridgehead atoms.